The molecule has 0 aliphatic heterocycles. The Bertz CT molecular complexity index is 959. The molecule has 0 saturated carbocycles. The van der Waals surface area contributed by atoms with E-state index in [0.29, 0.717) is 6.54 Å². The Kier molecular flexibility index (Phi) is 8.83. The first-order chi connectivity index (χ1) is 15.6. The number of hydrogen-bond acceptors (Lipinski definition) is 4. The van der Waals surface area contributed by atoms with Gasteiger partial charge in [-0.3, -0.25) is 4.99 Å². The first kappa shape index (κ1) is 23.5. The minimum atomic E-state index is -0.677. The average molecular weight is 436 g/mol. The van der Waals surface area contributed by atoms with Gasteiger partial charge in [-0.2, -0.15) is 5.10 Å². The van der Waals surface area contributed by atoms with Crippen molar-refractivity contribution >= 4 is 5.96 Å². The molecule has 2 atom stereocenters. The van der Waals surface area contributed by atoms with Gasteiger partial charge in [-0.05, 0) is 31.5 Å². The Morgan fingerprint density at radius 3 is 2.53 bits per heavy atom. The number of aliphatic imine (C=N–C) groups is 1. The van der Waals surface area contributed by atoms with E-state index in [9.17, 15) is 5.11 Å². The third-order valence-electron chi connectivity index (χ3n) is 5.03. The highest BCUT2D eigenvalue weighted by Gasteiger charge is 2.12. The van der Waals surface area contributed by atoms with Crippen LogP contribution in [0.15, 0.2) is 78.0 Å². The summed E-state index contributed by atoms with van der Waals surface area (Å²) in [5.74, 6) is 0.732. The topological polar surface area (TPSA) is 74.9 Å². The summed E-state index contributed by atoms with van der Waals surface area (Å²) in [6, 6.07) is 20.0. The predicted molar refractivity (Wildman–Crippen MR) is 128 cm³/mol. The number of benzene rings is 2. The number of aliphatic hydroxyl groups is 1. The highest BCUT2D eigenvalue weighted by Crippen LogP contribution is 2.16. The molecular formula is C25H33N5O2. The molecular weight excluding hydrogens is 402 g/mol. The van der Waals surface area contributed by atoms with Gasteiger partial charge in [0.05, 0.1) is 37.2 Å². The molecule has 1 heterocycles. The van der Waals surface area contributed by atoms with Crippen molar-refractivity contribution in [2.75, 3.05) is 26.7 Å². The van der Waals surface area contributed by atoms with Crippen molar-refractivity contribution in [1.29, 1.82) is 0 Å². The van der Waals surface area contributed by atoms with Crippen LogP contribution in [0, 0.1) is 0 Å². The zero-order valence-electron chi connectivity index (χ0n) is 19.1. The highest BCUT2D eigenvalue weighted by molar-refractivity contribution is 5.79. The van der Waals surface area contributed by atoms with Crippen LogP contribution in [-0.2, 0) is 11.3 Å². The quantitative estimate of drug-likeness (QED) is 0.377. The maximum atomic E-state index is 10.4. The zero-order chi connectivity index (χ0) is 22.8. The Morgan fingerprint density at radius 2 is 1.84 bits per heavy atom. The number of guanidine groups is 1. The number of ether oxygens (including phenoxy) is 1. The number of nitrogens with zero attached hydrogens (tertiary/aromatic N) is 4. The molecule has 0 fully saturated rings. The van der Waals surface area contributed by atoms with Crippen LogP contribution < -0.4 is 5.32 Å². The van der Waals surface area contributed by atoms with Crippen LogP contribution in [0.1, 0.15) is 31.1 Å². The van der Waals surface area contributed by atoms with Crippen LogP contribution in [0.3, 0.4) is 0 Å². The average Bonchev–Trinajstić information content (AvgIpc) is 3.29. The van der Waals surface area contributed by atoms with Gasteiger partial charge in [-0.1, -0.05) is 48.5 Å². The minimum absolute atomic E-state index is 0.0770. The summed E-state index contributed by atoms with van der Waals surface area (Å²) in [6.07, 6.45) is 3.12. The fraction of sp³-hybridized carbons (Fsp3) is 0.360. The molecule has 0 amide bonds. The summed E-state index contributed by atoms with van der Waals surface area (Å²) >= 11 is 0. The van der Waals surface area contributed by atoms with E-state index in [0.717, 1.165) is 29.3 Å². The second kappa shape index (κ2) is 12.0. The van der Waals surface area contributed by atoms with E-state index in [1.807, 2.05) is 104 Å². The monoisotopic (exact) mass is 435 g/mol. The molecule has 3 aromatic rings. The van der Waals surface area contributed by atoms with Crippen molar-refractivity contribution in [3.63, 3.8) is 0 Å². The Balaban J connectivity index is 1.53. The predicted octanol–water partition coefficient (Wildman–Crippen LogP) is 3.41. The van der Waals surface area contributed by atoms with E-state index in [4.69, 9.17) is 4.74 Å². The van der Waals surface area contributed by atoms with Gasteiger partial charge < -0.3 is 20.1 Å². The normalized spacial score (nSPS) is 13.6. The number of aliphatic hydroxyl groups excluding tert-OH is 1. The highest BCUT2D eigenvalue weighted by atomic mass is 16.5. The molecule has 2 N–H and O–H groups in total. The summed E-state index contributed by atoms with van der Waals surface area (Å²) in [6.45, 7) is 5.89. The van der Waals surface area contributed by atoms with Gasteiger partial charge in [-0.15, -0.1) is 0 Å². The molecule has 3 rings (SSSR count). The lowest BCUT2D eigenvalue weighted by Gasteiger charge is -2.22. The van der Waals surface area contributed by atoms with E-state index in [1.54, 1.807) is 0 Å². The molecule has 32 heavy (non-hydrogen) atoms. The van der Waals surface area contributed by atoms with Crippen molar-refractivity contribution in [2.24, 2.45) is 4.99 Å². The van der Waals surface area contributed by atoms with Crippen molar-refractivity contribution in [3.8, 4) is 5.69 Å². The Hall–Kier alpha value is -3.16. The van der Waals surface area contributed by atoms with Crippen LogP contribution in [0.25, 0.3) is 5.69 Å². The van der Waals surface area contributed by atoms with Crippen LogP contribution >= 0.6 is 0 Å². The third kappa shape index (κ3) is 6.93. The molecule has 0 spiro atoms. The summed E-state index contributed by atoms with van der Waals surface area (Å²) in [5.41, 5.74) is 3.18. The molecule has 0 saturated heterocycles. The van der Waals surface area contributed by atoms with Crippen molar-refractivity contribution in [2.45, 2.75) is 32.6 Å². The molecule has 0 radical (unpaired) electrons. The fourth-order valence-corrected chi connectivity index (χ4v) is 3.30. The summed E-state index contributed by atoms with van der Waals surface area (Å²) in [4.78, 5) is 6.62. The molecule has 0 bridgehead atoms. The number of hydrogen-bond donors (Lipinski definition) is 2. The summed E-state index contributed by atoms with van der Waals surface area (Å²) in [5, 5.41) is 18.1. The van der Waals surface area contributed by atoms with E-state index in [1.165, 1.54) is 0 Å². The molecule has 0 aliphatic carbocycles. The molecule has 2 unspecified atom stereocenters. The number of rotatable bonds is 10. The molecule has 2 aromatic carbocycles. The SMILES string of the molecule is CCNC(=NCC(O)COC(C)c1ccccc1)N(C)Cc1cnn(-c2ccccc2)c1. The van der Waals surface area contributed by atoms with Crippen molar-refractivity contribution in [1.82, 2.24) is 20.0 Å². The van der Waals surface area contributed by atoms with E-state index >= 15 is 0 Å². The number of nitrogens with one attached hydrogen (secondary N) is 1. The van der Waals surface area contributed by atoms with E-state index < -0.39 is 6.10 Å². The maximum absolute atomic E-state index is 10.4. The van der Waals surface area contributed by atoms with Crippen LogP contribution in [0.2, 0.25) is 0 Å². The van der Waals surface area contributed by atoms with Gasteiger partial charge in [0, 0.05) is 31.9 Å². The zero-order valence-corrected chi connectivity index (χ0v) is 19.1. The van der Waals surface area contributed by atoms with Crippen LogP contribution in [-0.4, -0.2) is 58.6 Å². The minimum Gasteiger partial charge on any atom is -0.389 e. The second-order valence-corrected chi connectivity index (χ2v) is 7.72. The standard InChI is InChI=1S/C25H33N5O2/c1-4-26-25(27-16-24(31)19-32-20(2)22-11-7-5-8-12-22)29(3)17-21-15-28-30(18-21)23-13-9-6-10-14-23/h5-15,18,20,24,31H,4,16-17,19H2,1-3H3,(H,26,27). The first-order valence-electron chi connectivity index (χ1n) is 11.0. The van der Waals surface area contributed by atoms with E-state index in [-0.39, 0.29) is 19.3 Å². The number of para-hydroxylation sites is 1. The van der Waals surface area contributed by atoms with Crippen molar-refractivity contribution in [3.05, 3.63) is 84.2 Å². The Labute approximate surface area is 190 Å². The lowest BCUT2D eigenvalue weighted by atomic mass is 10.1. The van der Waals surface area contributed by atoms with Gasteiger partial charge in [0.2, 0.25) is 0 Å². The summed E-state index contributed by atoms with van der Waals surface area (Å²) in [7, 11) is 1.97. The molecule has 7 nitrogen and oxygen atoms in total. The Morgan fingerprint density at radius 1 is 1.16 bits per heavy atom. The van der Waals surface area contributed by atoms with Crippen molar-refractivity contribution < 1.29 is 9.84 Å². The second-order valence-electron chi connectivity index (χ2n) is 7.72. The van der Waals surface area contributed by atoms with Gasteiger partial charge in [0.25, 0.3) is 0 Å². The smallest absolute Gasteiger partial charge is 0.194 e. The third-order valence-corrected chi connectivity index (χ3v) is 5.03. The van der Waals surface area contributed by atoms with Crippen LogP contribution in [0.4, 0.5) is 0 Å². The van der Waals surface area contributed by atoms with Gasteiger partial charge in [0.1, 0.15) is 0 Å². The fourth-order valence-electron chi connectivity index (χ4n) is 3.30. The lowest BCUT2D eigenvalue weighted by Crippen LogP contribution is -2.39. The van der Waals surface area contributed by atoms with E-state index in [2.05, 4.69) is 15.4 Å². The van der Waals surface area contributed by atoms with Gasteiger partial charge >= 0.3 is 0 Å². The lowest BCUT2D eigenvalue weighted by molar-refractivity contribution is 0.00106. The maximum Gasteiger partial charge on any atom is 0.194 e. The van der Waals surface area contributed by atoms with Gasteiger partial charge in [-0.25, -0.2) is 4.68 Å². The largest absolute Gasteiger partial charge is 0.389 e. The first-order valence-corrected chi connectivity index (χ1v) is 11.0. The molecule has 7 heteroatoms. The van der Waals surface area contributed by atoms with Gasteiger partial charge in [0.15, 0.2) is 5.96 Å². The molecule has 0 aliphatic rings. The molecule has 170 valence electrons. The molecule has 1 aromatic heterocycles. The number of aromatic nitrogens is 2. The van der Waals surface area contributed by atoms with Crippen LogP contribution in [0.5, 0.6) is 0 Å². The summed E-state index contributed by atoms with van der Waals surface area (Å²) < 4.78 is 7.68.